The van der Waals surface area contributed by atoms with Crippen LogP contribution in [0.2, 0.25) is 0 Å². The molecule has 7 heteroatoms. The van der Waals surface area contributed by atoms with Crippen LogP contribution < -0.4 is 4.90 Å². The number of imidazole rings is 1. The average molecular weight is 284 g/mol. The zero-order valence-electron chi connectivity index (χ0n) is 11.2. The van der Waals surface area contributed by atoms with Crippen molar-refractivity contribution in [3.63, 3.8) is 0 Å². The van der Waals surface area contributed by atoms with Crippen molar-refractivity contribution in [2.75, 3.05) is 36.8 Å². The lowest BCUT2D eigenvalue weighted by atomic mass is 10.4. The molecule has 19 heavy (non-hydrogen) atoms. The van der Waals surface area contributed by atoms with Gasteiger partial charge >= 0.3 is 0 Å². The Morgan fingerprint density at radius 3 is 2.58 bits per heavy atom. The highest BCUT2D eigenvalue weighted by Crippen LogP contribution is 2.15. The van der Waals surface area contributed by atoms with Crippen molar-refractivity contribution in [3.8, 4) is 0 Å². The Kier molecular flexibility index (Phi) is 4.26. The third kappa shape index (κ3) is 3.16. The molecule has 1 aromatic rings. The number of hydrogen-bond donors (Lipinski definition) is 0. The molecule has 1 aliphatic heterocycles. The molecule has 1 fully saturated rings. The number of hydrogen-bond acceptors (Lipinski definition) is 4. The smallest absolute Gasteiger partial charge is 0.214 e. The summed E-state index contributed by atoms with van der Waals surface area (Å²) in [6.07, 6.45) is 5.79. The summed E-state index contributed by atoms with van der Waals surface area (Å²) < 4.78 is 27.6. The van der Waals surface area contributed by atoms with Crippen LogP contribution in [0.15, 0.2) is 25.0 Å². The Hall–Kier alpha value is -1.34. The lowest BCUT2D eigenvalue weighted by Gasteiger charge is -2.34. The van der Waals surface area contributed by atoms with Gasteiger partial charge in [-0.2, -0.15) is 4.31 Å². The van der Waals surface area contributed by atoms with Gasteiger partial charge in [0.05, 0.1) is 5.75 Å². The first-order valence-electron chi connectivity index (χ1n) is 6.35. The highest BCUT2D eigenvalue weighted by atomic mass is 32.2. The number of nitrogens with zero attached hydrogens (tertiary/aromatic N) is 4. The largest absolute Gasteiger partial charge is 0.340 e. The standard InChI is InChI=1S/C12H20N4O2S/c1-3-4-11-19(17,18)16-9-7-15(8-10-16)12-13-5-6-14(12)2/h3,5-6H,1,4,7-11H2,2H3. The minimum absolute atomic E-state index is 0.152. The van der Waals surface area contributed by atoms with Crippen LogP contribution in [0.3, 0.4) is 0 Å². The summed E-state index contributed by atoms with van der Waals surface area (Å²) in [6, 6.07) is 0. The van der Waals surface area contributed by atoms with Gasteiger partial charge in [0.1, 0.15) is 0 Å². The van der Waals surface area contributed by atoms with E-state index in [1.807, 2.05) is 17.8 Å². The molecule has 0 spiro atoms. The van der Waals surface area contributed by atoms with Gasteiger partial charge < -0.3 is 9.47 Å². The normalized spacial score (nSPS) is 17.6. The molecule has 0 unspecified atom stereocenters. The van der Waals surface area contributed by atoms with Crippen molar-refractivity contribution in [2.24, 2.45) is 7.05 Å². The molecule has 1 aromatic heterocycles. The summed E-state index contributed by atoms with van der Waals surface area (Å²) in [5.74, 6) is 1.04. The van der Waals surface area contributed by atoms with Gasteiger partial charge in [0.25, 0.3) is 0 Å². The van der Waals surface area contributed by atoms with Crippen molar-refractivity contribution in [3.05, 3.63) is 25.0 Å². The van der Waals surface area contributed by atoms with E-state index in [4.69, 9.17) is 0 Å². The second kappa shape index (κ2) is 5.75. The van der Waals surface area contributed by atoms with Crippen LogP contribution in [0.4, 0.5) is 5.95 Å². The van der Waals surface area contributed by atoms with E-state index in [-0.39, 0.29) is 5.75 Å². The molecule has 0 atom stereocenters. The van der Waals surface area contributed by atoms with Gasteiger partial charge in [0, 0.05) is 45.6 Å². The minimum Gasteiger partial charge on any atom is -0.340 e. The second-order valence-electron chi connectivity index (χ2n) is 4.62. The molecule has 106 valence electrons. The predicted molar refractivity (Wildman–Crippen MR) is 75.6 cm³/mol. The Morgan fingerprint density at radius 1 is 1.37 bits per heavy atom. The van der Waals surface area contributed by atoms with E-state index in [1.165, 1.54) is 0 Å². The van der Waals surface area contributed by atoms with Crippen molar-refractivity contribution in [2.45, 2.75) is 6.42 Å². The van der Waals surface area contributed by atoms with Crippen molar-refractivity contribution >= 4 is 16.0 Å². The van der Waals surface area contributed by atoms with Gasteiger partial charge in [-0.25, -0.2) is 13.4 Å². The number of piperazine rings is 1. The van der Waals surface area contributed by atoms with Gasteiger partial charge in [-0.1, -0.05) is 6.08 Å². The van der Waals surface area contributed by atoms with Crippen molar-refractivity contribution in [1.29, 1.82) is 0 Å². The maximum Gasteiger partial charge on any atom is 0.214 e. The van der Waals surface area contributed by atoms with E-state index < -0.39 is 10.0 Å². The van der Waals surface area contributed by atoms with Crippen LogP contribution in [0, 0.1) is 0 Å². The fourth-order valence-corrected chi connectivity index (χ4v) is 3.63. The Labute approximate surface area is 114 Å². The molecule has 0 saturated carbocycles. The number of aryl methyl sites for hydroxylation is 1. The zero-order valence-corrected chi connectivity index (χ0v) is 12.0. The maximum absolute atomic E-state index is 12.0. The Bertz CT molecular complexity index is 530. The van der Waals surface area contributed by atoms with Crippen LogP contribution in [-0.4, -0.2) is 54.2 Å². The average Bonchev–Trinajstić information content (AvgIpc) is 2.83. The monoisotopic (exact) mass is 284 g/mol. The van der Waals surface area contributed by atoms with Gasteiger partial charge in [-0.3, -0.25) is 0 Å². The van der Waals surface area contributed by atoms with Crippen LogP contribution >= 0.6 is 0 Å². The maximum atomic E-state index is 12.0. The predicted octanol–water partition coefficient (Wildman–Crippen LogP) is 0.448. The molecule has 2 heterocycles. The third-order valence-electron chi connectivity index (χ3n) is 3.29. The molecule has 1 aliphatic rings. The Morgan fingerprint density at radius 2 is 2.05 bits per heavy atom. The summed E-state index contributed by atoms with van der Waals surface area (Å²) in [5, 5.41) is 0. The highest BCUT2D eigenvalue weighted by molar-refractivity contribution is 7.89. The minimum atomic E-state index is -3.14. The SMILES string of the molecule is C=CCCS(=O)(=O)N1CCN(c2nccn2C)CC1. The molecule has 0 N–H and O–H groups in total. The molecule has 0 aromatic carbocycles. The highest BCUT2D eigenvalue weighted by Gasteiger charge is 2.27. The van der Waals surface area contributed by atoms with E-state index >= 15 is 0 Å². The number of rotatable bonds is 5. The van der Waals surface area contributed by atoms with Gasteiger partial charge in [0.15, 0.2) is 0 Å². The third-order valence-corrected chi connectivity index (χ3v) is 5.19. The summed E-state index contributed by atoms with van der Waals surface area (Å²) in [4.78, 5) is 6.39. The second-order valence-corrected chi connectivity index (χ2v) is 6.71. The van der Waals surface area contributed by atoms with Crippen LogP contribution in [-0.2, 0) is 17.1 Å². The van der Waals surface area contributed by atoms with Crippen LogP contribution in [0.25, 0.3) is 0 Å². The van der Waals surface area contributed by atoms with Gasteiger partial charge in [-0.15, -0.1) is 6.58 Å². The van der Waals surface area contributed by atoms with E-state index in [1.54, 1.807) is 16.6 Å². The number of sulfonamides is 1. The number of allylic oxidation sites excluding steroid dienone is 1. The lowest BCUT2D eigenvalue weighted by molar-refractivity contribution is 0.381. The lowest BCUT2D eigenvalue weighted by Crippen LogP contribution is -2.49. The first-order valence-corrected chi connectivity index (χ1v) is 7.96. The summed E-state index contributed by atoms with van der Waals surface area (Å²) in [5.41, 5.74) is 0. The molecule has 0 bridgehead atoms. The van der Waals surface area contributed by atoms with Crippen LogP contribution in [0.5, 0.6) is 0 Å². The van der Waals surface area contributed by atoms with Gasteiger partial charge in [0.2, 0.25) is 16.0 Å². The molecule has 6 nitrogen and oxygen atoms in total. The summed E-state index contributed by atoms with van der Waals surface area (Å²) in [6.45, 7) is 5.96. The topological polar surface area (TPSA) is 58.4 Å². The van der Waals surface area contributed by atoms with Crippen molar-refractivity contribution < 1.29 is 8.42 Å². The quantitative estimate of drug-likeness (QED) is 0.737. The molecule has 0 aliphatic carbocycles. The number of aromatic nitrogens is 2. The molecule has 0 amide bonds. The summed E-state index contributed by atoms with van der Waals surface area (Å²) in [7, 11) is -1.20. The fourth-order valence-electron chi connectivity index (χ4n) is 2.19. The summed E-state index contributed by atoms with van der Waals surface area (Å²) >= 11 is 0. The van der Waals surface area contributed by atoms with Crippen molar-refractivity contribution in [1.82, 2.24) is 13.9 Å². The molecular formula is C12H20N4O2S. The van der Waals surface area contributed by atoms with Gasteiger partial charge in [-0.05, 0) is 6.42 Å². The molecule has 1 saturated heterocycles. The molecule has 2 rings (SSSR count). The van der Waals surface area contributed by atoms with Crippen LogP contribution in [0.1, 0.15) is 6.42 Å². The molecule has 0 radical (unpaired) electrons. The van der Waals surface area contributed by atoms with E-state index in [2.05, 4.69) is 16.5 Å². The Balaban J connectivity index is 1.96. The molecular weight excluding hydrogens is 264 g/mol. The zero-order chi connectivity index (χ0) is 13.9. The number of anilines is 1. The first kappa shape index (κ1) is 14.1. The first-order chi connectivity index (χ1) is 9.04. The van der Waals surface area contributed by atoms with E-state index in [0.29, 0.717) is 32.6 Å². The fraction of sp³-hybridized carbons (Fsp3) is 0.583. The van der Waals surface area contributed by atoms with E-state index in [9.17, 15) is 8.42 Å². The van der Waals surface area contributed by atoms with E-state index in [0.717, 1.165) is 5.95 Å².